The molecule has 2 heterocycles. The molecule has 0 atom stereocenters. The Morgan fingerprint density at radius 1 is 0.946 bits per heavy atom. The number of sulfonamides is 1. The van der Waals surface area contributed by atoms with E-state index in [1.807, 2.05) is 24.3 Å². The Morgan fingerprint density at radius 2 is 1.65 bits per heavy atom. The third-order valence-electron chi connectivity index (χ3n) is 7.80. The SMILES string of the molecule is COc1cccc(Cn2c(C)c(C3CCN(S(=O)(=O)c4ccc(C(C)C)cc4)CC3)c3ccccc32)c1. The van der Waals surface area contributed by atoms with Crippen molar-refractivity contribution in [2.75, 3.05) is 20.2 Å². The van der Waals surface area contributed by atoms with Crippen molar-refractivity contribution >= 4 is 20.9 Å². The van der Waals surface area contributed by atoms with E-state index in [2.05, 4.69) is 61.7 Å². The maximum atomic E-state index is 13.4. The maximum absolute atomic E-state index is 13.4. The number of para-hydroxylation sites is 1. The van der Waals surface area contributed by atoms with Crippen molar-refractivity contribution < 1.29 is 13.2 Å². The van der Waals surface area contributed by atoms with E-state index in [4.69, 9.17) is 4.74 Å². The predicted octanol–water partition coefficient (Wildman–Crippen LogP) is 6.70. The molecule has 4 aromatic rings. The quantitative estimate of drug-likeness (QED) is 0.275. The highest BCUT2D eigenvalue weighted by Crippen LogP contribution is 2.39. The standard InChI is InChI=1S/C31H36N2O3S/c1-22(2)25-12-14-28(15-13-25)37(34,35)32-18-16-26(17-19-32)31-23(3)33(30-11-6-5-10-29(30)31)21-24-8-7-9-27(20-24)36-4/h5-15,20,22,26H,16-19,21H2,1-4H3. The first-order chi connectivity index (χ1) is 17.8. The monoisotopic (exact) mass is 516 g/mol. The van der Waals surface area contributed by atoms with Crippen LogP contribution in [0.3, 0.4) is 0 Å². The first-order valence-corrected chi connectivity index (χ1v) is 14.5. The molecular formula is C31H36N2O3S. The lowest BCUT2D eigenvalue weighted by Gasteiger charge is -2.31. The fraction of sp³-hybridized carbons (Fsp3) is 0.355. The summed E-state index contributed by atoms with van der Waals surface area (Å²) in [5.74, 6) is 1.56. The van der Waals surface area contributed by atoms with Gasteiger partial charge in [0.15, 0.2) is 0 Å². The average molecular weight is 517 g/mol. The molecule has 5 rings (SSSR count). The molecule has 0 spiro atoms. The molecular weight excluding hydrogens is 480 g/mol. The molecule has 194 valence electrons. The molecule has 5 nitrogen and oxygen atoms in total. The minimum atomic E-state index is -3.49. The zero-order valence-electron chi connectivity index (χ0n) is 22.1. The topological polar surface area (TPSA) is 51.5 Å². The van der Waals surface area contributed by atoms with Gasteiger partial charge in [0.25, 0.3) is 0 Å². The van der Waals surface area contributed by atoms with E-state index in [0.29, 0.717) is 29.8 Å². The molecule has 1 fully saturated rings. The summed E-state index contributed by atoms with van der Waals surface area (Å²) in [4.78, 5) is 0.390. The van der Waals surface area contributed by atoms with Gasteiger partial charge in [0.1, 0.15) is 5.75 Å². The zero-order valence-corrected chi connectivity index (χ0v) is 23.0. The van der Waals surface area contributed by atoms with Crippen LogP contribution in [-0.2, 0) is 16.6 Å². The van der Waals surface area contributed by atoms with Crippen LogP contribution in [0.1, 0.15) is 60.9 Å². The summed E-state index contributed by atoms with van der Waals surface area (Å²) in [6.45, 7) is 8.27. The number of benzene rings is 3. The molecule has 0 unspecified atom stereocenters. The minimum Gasteiger partial charge on any atom is -0.497 e. The Morgan fingerprint density at radius 3 is 2.32 bits per heavy atom. The molecule has 1 aromatic heterocycles. The molecule has 3 aromatic carbocycles. The van der Waals surface area contributed by atoms with Crippen LogP contribution in [0.4, 0.5) is 0 Å². The number of aromatic nitrogens is 1. The molecule has 6 heteroatoms. The lowest BCUT2D eigenvalue weighted by atomic mass is 9.88. The van der Waals surface area contributed by atoms with Crippen molar-refractivity contribution in [2.24, 2.45) is 0 Å². The highest BCUT2D eigenvalue weighted by atomic mass is 32.2. The number of hydrogen-bond acceptors (Lipinski definition) is 3. The Kier molecular flexibility index (Phi) is 7.15. The smallest absolute Gasteiger partial charge is 0.243 e. The average Bonchev–Trinajstić information content (AvgIpc) is 3.19. The highest BCUT2D eigenvalue weighted by Gasteiger charge is 2.32. The second-order valence-corrected chi connectivity index (χ2v) is 12.3. The van der Waals surface area contributed by atoms with Gasteiger partial charge in [-0.05, 0) is 78.6 Å². The third kappa shape index (κ3) is 4.92. The Balaban J connectivity index is 1.39. The van der Waals surface area contributed by atoms with Gasteiger partial charge < -0.3 is 9.30 Å². The van der Waals surface area contributed by atoms with Crippen molar-refractivity contribution in [3.63, 3.8) is 0 Å². The van der Waals surface area contributed by atoms with E-state index in [-0.39, 0.29) is 0 Å². The molecule has 0 N–H and O–H groups in total. The summed E-state index contributed by atoms with van der Waals surface area (Å²) in [5.41, 5.74) is 6.18. The van der Waals surface area contributed by atoms with Crippen LogP contribution in [0, 0.1) is 6.92 Å². The van der Waals surface area contributed by atoms with E-state index in [1.54, 1.807) is 23.5 Å². The van der Waals surface area contributed by atoms with Crippen molar-refractivity contribution in [3.8, 4) is 5.75 Å². The molecule has 1 saturated heterocycles. The normalized spacial score (nSPS) is 15.5. The number of ether oxygens (including phenoxy) is 1. The fourth-order valence-electron chi connectivity index (χ4n) is 5.69. The van der Waals surface area contributed by atoms with Crippen LogP contribution in [0.2, 0.25) is 0 Å². The summed E-state index contributed by atoms with van der Waals surface area (Å²) in [5, 5.41) is 1.27. The van der Waals surface area contributed by atoms with Gasteiger partial charge in [-0.1, -0.05) is 56.3 Å². The number of hydrogen-bond donors (Lipinski definition) is 0. The molecule has 0 amide bonds. The van der Waals surface area contributed by atoms with Crippen LogP contribution in [0.5, 0.6) is 5.75 Å². The van der Waals surface area contributed by atoms with Crippen molar-refractivity contribution in [1.29, 1.82) is 0 Å². The number of rotatable bonds is 7. The van der Waals surface area contributed by atoms with Crippen molar-refractivity contribution in [2.45, 2.75) is 56.9 Å². The Hall–Kier alpha value is -3.09. The lowest BCUT2D eigenvalue weighted by Crippen LogP contribution is -2.38. The summed E-state index contributed by atoms with van der Waals surface area (Å²) >= 11 is 0. The number of piperidine rings is 1. The van der Waals surface area contributed by atoms with Crippen LogP contribution in [0.25, 0.3) is 10.9 Å². The molecule has 0 saturated carbocycles. The second kappa shape index (κ2) is 10.3. The summed E-state index contributed by atoms with van der Waals surface area (Å²) < 4.78 is 36.2. The molecule has 1 aliphatic heterocycles. The van der Waals surface area contributed by atoms with E-state index < -0.39 is 10.0 Å². The summed E-state index contributed by atoms with van der Waals surface area (Å²) in [7, 11) is -1.79. The first kappa shape index (κ1) is 25.6. The largest absolute Gasteiger partial charge is 0.497 e. The van der Waals surface area contributed by atoms with E-state index in [1.165, 1.54) is 27.7 Å². The lowest BCUT2D eigenvalue weighted by molar-refractivity contribution is 0.319. The van der Waals surface area contributed by atoms with Gasteiger partial charge >= 0.3 is 0 Å². The highest BCUT2D eigenvalue weighted by molar-refractivity contribution is 7.89. The van der Waals surface area contributed by atoms with Gasteiger partial charge in [0.05, 0.1) is 12.0 Å². The van der Waals surface area contributed by atoms with Crippen molar-refractivity contribution in [1.82, 2.24) is 8.87 Å². The summed E-state index contributed by atoms with van der Waals surface area (Å²) in [6, 6.07) is 24.2. The Bertz CT molecular complexity index is 1500. The van der Waals surface area contributed by atoms with Gasteiger partial charge in [-0.3, -0.25) is 0 Å². The van der Waals surface area contributed by atoms with Crippen molar-refractivity contribution in [3.05, 3.63) is 95.2 Å². The van der Waals surface area contributed by atoms with E-state index >= 15 is 0 Å². The van der Waals surface area contributed by atoms with E-state index in [0.717, 1.165) is 30.7 Å². The van der Waals surface area contributed by atoms with Gasteiger partial charge in [-0.25, -0.2) is 8.42 Å². The molecule has 0 radical (unpaired) electrons. The van der Waals surface area contributed by atoms with Gasteiger partial charge in [-0.15, -0.1) is 0 Å². The number of nitrogens with zero attached hydrogens (tertiary/aromatic N) is 2. The second-order valence-electron chi connectivity index (χ2n) is 10.4. The molecule has 37 heavy (non-hydrogen) atoms. The van der Waals surface area contributed by atoms with Crippen LogP contribution in [0.15, 0.2) is 77.7 Å². The van der Waals surface area contributed by atoms with Crippen LogP contribution in [-0.4, -0.2) is 37.5 Å². The van der Waals surface area contributed by atoms with Gasteiger partial charge in [0.2, 0.25) is 10.0 Å². The minimum absolute atomic E-state index is 0.325. The predicted molar refractivity (Wildman–Crippen MR) is 150 cm³/mol. The fourth-order valence-corrected chi connectivity index (χ4v) is 7.16. The van der Waals surface area contributed by atoms with Crippen LogP contribution >= 0.6 is 0 Å². The first-order valence-electron chi connectivity index (χ1n) is 13.1. The third-order valence-corrected chi connectivity index (χ3v) is 9.71. The number of methoxy groups -OCH3 is 1. The number of fused-ring (bicyclic) bond motifs is 1. The van der Waals surface area contributed by atoms with Crippen LogP contribution < -0.4 is 4.74 Å². The molecule has 1 aliphatic rings. The molecule has 0 bridgehead atoms. The Labute approximate surface area is 220 Å². The van der Waals surface area contributed by atoms with Gasteiger partial charge in [-0.2, -0.15) is 4.31 Å². The summed E-state index contributed by atoms with van der Waals surface area (Å²) in [6.07, 6.45) is 1.63. The zero-order chi connectivity index (χ0) is 26.2. The van der Waals surface area contributed by atoms with Gasteiger partial charge in [0, 0.05) is 36.2 Å². The maximum Gasteiger partial charge on any atom is 0.243 e. The van der Waals surface area contributed by atoms with E-state index in [9.17, 15) is 8.42 Å². The molecule has 0 aliphatic carbocycles.